The largest absolute Gasteiger partial charge is 0.481 e. The molecule has 0 bridgehead atoms. The van der Waals surface area contributed by atoms with Gasteiger partial charge in [-0.3, -0.25) is 9.59 Å². The summed E-state index contributed by atoms with van der Waals surface area (Å²) >= 11 is 0. The maximum Gasteiger partial charge on any atom is 0.307 e. The number of aliphatic carboxylic acids is 1. The van der Waals surface area contributed by atoms with Gasteiger partial charge in [0, 0.05) is 29.5 Å². The summed E-state index contributed by atoms with van der Waals surface area (Å²) in [4.78, 5) is 26.1. The van der Waals surface area contributed by atoms with Crippen LogP contribution < -0.4 is 10.2 Å². The molecule has 0 aliphatic heterocycles. The lowest BCUT2D eigenvalue weighted by molar-refractivity contribution is -0.136. The molecule has 170 valence electrons. The van der Waals surface area contributed by atoms with Crippen LogP contribution in [-0.2, 0) is 22.4 Å². The summed E-state index contributed by atoms with van der Waals surface area (Å²) in [6, 6.07) is 25.8. The number of carboxylic acid groups (broad SMARTS) is 1. The highest BCUT2D eigenvalue weighted by Gasteiger charge is 2.23. The molecule has 3 aromatic rings. The number of rotatable bonds is 9. The molecular weight excluding hydrogens is 412 g/mol. The average Bonchev–Trinajstić information content (AvgIpc) is 3.36. The Balaban J connectivity index is 1.55. The van der Waals surface area contributed by atoms with Crippen molar-refractivity contribution in [2.45, 2.75) is 38.5 Å². The lowest BCUT2D eigenvalue weighted by atomic mass is 10.0. The summed E-state index contributed by atoms with van der Waals surface area (Å²) in [5, 5.41) is 12.4. The number of hydrogen-bond donors (Lipinski definition) is 2. The second kappa shape index (κ2) is 10.8. The van der Waals surface area contributed by atoms with E-state index in [4.69, 9.17) is 0 Å². The Labute approximate surface area is 195 Å². The molecule has 33 heavy (non-hydrogen) atoms. The number of carbonyl (C=O) groups is 2. The van der Waals surface area contributed by atoms with Crippen LogP contribution in [0, 0.1) is 5.92 Å². The van der Waals surface area contributed by atoms with Crippen LogP contribution in [0.5, 0.6) is 0 Å². The Bertz CT molecular complexity index is 1090. The van der Waals surface area contributed by atoms with Gasteiger partial charge in [0.1, 0.15) is 0 Å². The molecular formula is C28H30N2O3. The second-order valence-electron chi connectivity index (χ2n) is 8.61. The highest BCUT2D eigenvalue weighted by Crippen LogP contribution is 2.29. The van der Waals surface area contributed by atoms with Crippen LogP contribution in [0.3, 0.4) is 0 Å². The Kier molecular flexibility index (Phi) is 7.40. The van der Waals surface area contributed by atoms with Crippen molar-refractivity contribution in [3.63, 3.8) is 0 Å². The molecule has 5 heteroatoms. The van der Waals surface area contributed by atoms with Crippen LogP contribution in [-0.4, -0.2) is 23.5 Å². The summed E-state index contributed by atoms with van der Waals surface area (Å²) in [5.41, 5.74) is 4.73. The van der Waals surface area contributed by atoms with Gasteiger partial charge in [0.25, 0.3) is 0 Å². The number of carboxylic acids is 1. The molecule has 1 saturated carbocycles. The number of amides is 1. The standard InChI is InChI=1S/C28H30N2O3/c31-27(32)20-21-9-8-15-25(19-21)30(24-13-2-1-3-14-24)18-17-22-10-6-7-16-26(22)29-28(33)23-11-4-5-12-23/h1-3,6-10,13-16,19,23H,4-5,11-12,17-18,20H2,(H,29,33)(H,31,32). The SMILES string of the molecule is O=C(O)Cc1cccc(N(CCc2ccccc2NC(=O)C2CCCC2)c2ccccc2)c1. The van der Waals surface area contributed by atoms with Gasteiger partial charge in [0.15, 0.2) is 0 Å². The number of benzene rings is 3. The Hall–Kier alpha value is -3.60. The van der Waals surface area contributed by atoms with E-state index in [0.717, 1.165) is 60.3 Å². The van der Waals surface area contributed by atoms with E-state index in [1.807, 2.05) is 60.7 Å². The predicted octanol–water partition coefficient (Wildman–Crippen LogP) is 5.82. The van der Waals surface area contributed by atoms with Crippen LogP contribution in [0.4, 0.5) is 17.1 Å². The van der Waals surface area contributed by atoms with Crippen molar-refractivity contribution in [3.8, 4) is 0 Å². The molecule has 1 fully saturated rings. The van der Waals surface area contributed by atoms with E-state index in [0.29, 0.717) is 6.54 Å². The molecule has 0 unspecified atom stereocenters. The lowest BCUT2D eigenvalue weighted by Crippen LogP contribution is -2.23. The quantitative estimate of drug-likeness (QED) is 0.438. The molecule has 1 amide bonds. The maximum absolute atomic E-state index is 12.7. The monoisotopic (exact) mass is 442 g/mol. The van der Waals surface area contributed by atoms with Gasteiger partial charge >= 0.3 is 5.97 Å². The highest BCUT2D eigenvalue weighted by atomic mass is 16.4. The predicted molar refractivity (Wildman–Crippen MR) is 132 cm³/mol. The first-order valence-electron chi connectivity index (χ1n) is 11.6. The minimum Gasteiger partial charge on any atom is -0.481 e. The first-order valence-corrected chi connectivity index (χ1v) is 11.6. The fourth-order valence-electron chi connectivity index (χ4n) is 4.54. The summed E-state index contributed by atoms with van der Waals surface area (Å²) in [5.74, 6) is -0.595. The molecule has 4 rings (SSSR count). The molecule has 0 radical (unpaired) electrons. The summed E-state index contributed by atoms with van der Waals surface area (Å²) in [6.07, 6.45) is 4.94. The Morgan fingerprint density at radius 3 is 2.33 bits per heavy atom. The van der Waals surface area contributed by atoms with Gasteiger partial charge in [-0.05, 0) is 60.7 Å². The zero-order valence-electron chi connectivity index (χ0n) is 18.7. The maximum atomic E-state index is 12.7. The molecule has 2 N–H and O–H groups in total. The molecule has 0 atom stereocenters. The van der Waals surface area contributed by atoms with Crippen molar-refractivity contribution in [2.75, 3.05) is 16.8 Å². The third kappa shape index (κ3) is 6.01. The third-order valence-corrected chi connectivity index (χ3v) is 6.25. The Morgan fingerprint density at radius 1 is 0.879 bits per heavy atom. The Morgan fingerprint density at radius 2 is 1.58 bits per heavy atom. The third-order valence-electron chi connectivity index (χ3n) is 6.25. The molecule has 0 saturated heterocycles. The van der Waals surface area contributed by atoms with Crippen LogP contribution in [0.1, 0.15) is 36.8 Å². The fourth-order valence-corrected chi connectivity index (χ4v) is 4.54. The van der Waals surface area contributed by atoms with Gasteiger partial charge in [-0.25, -0.2) is 0 Å². The first kappa shape index (κ1) is 22.6. The molecule has 0 heterocycles. The number of para-hydroxylation sites is 2. The van der Waals surface area contributed by atoms with Crippen molar-refractivity contribution < 1.29 is 14.7 Å². The zero-order valence-corrected chi connectivity index (χ0v) is 18.7. The minimum atomic E-state index is -0.842. The van der Waals surface area contributed by atoms with Crippen LogP contribution in [0.15, 0.2) is 78.9 Å². The van der Waals surface area contributed by atoms with Gasteiger partial charge in [0.2, 0.25) is 5.91 Å². The van der Waals surface area contributed by atoms with E-state index in [2.05, 4.69) is 28.4 Å². The highest BCUT2D eigenvalue weighted by molar-refractivity contribution is 5.93. The molecule has 5 nitrogen and oxygen atoms in total. The number of carbonyl (C=O) groups excluding carboxylic acids is 1. The second-order valence-corrected chi connectivity index (χ2v) is 8.61. The summed E-state index contributed by atoms with van der Waals surface area (Å²) in [7, 11) is 0. The number of nitrogens with one attached hydrogen (secondary N) is 1. The number of anilines is 3. The summed E-state index contributed by atoms with van der Waals surface area (Å²) < 4.78 is 0. The van der Waals surface area contributed by atoms with E-state index >= 15 is 0 Å². The summed E-state index contributed by atoms with van der Waals surface area (Å²) in [6.45, 7) is 0.691. The molecule has 1 aliphatic carbocycles. The van der Waals surface area contributed by atoms with Gasteiger partial charge in [-0.2, -0.15) is 0 Å². The smallest absolute Gasteiger partial charge is 0.307 e. The van der Waals surface area contributed by atoms with Crippen molar-refractivity contribution in [1.82, 2.24) is 0 Å². The van der Waals surface area contributed by atoms with Crippen molar-refractivity contribution in [1.29, 1.82) is 0 Å². The van der Waals surface area contributed by atoms with E-state index < -0.39 is 5.97 Å². The van der Waals surface area contributed by atoms with Crippen molar-refractivity contribution in [3.05, 3.63) is 90.0 Å². The normalized spacial score (nSPS) is 13.6. The van der Waals surface area contributed by atoms with Crippen LogP contribution >= 0.6 is 0 Å². The zero-order chi connectivity index (χ0) is 23.0. The topological polar surface area (TPSA) is 69.6 Å². The molecule has 0 spiro atoms. The van der Waals surface area contributed by atoms with Gasteiger partial charge in [0.05, 0.1) is 6.42 Å². The van der Waals surface area contributed by atoms with Crippen molar-refractivity contribution >= 4 is 28.9 Å². The van der Waals surface area contributed by atoms with Gasteiger partial charge in [-0.15, -0.1) is 0 Å². The van der Waals surface area contributed by atoms with E-state index in [9.17, 15) is 14.7 Å². The van der Waals surface area contributed by atoms with Crippen molar-refractivity contribution in [2.24, 2.45) is 5.92 Å². The van der Waals surface area contributed by atoms with Gasteiger partial charge < -0.3 is 15.3 Å². The molecule has 1 aliphatic rings. The number of hydrogen-bond acceptors (Lipinski definition) is 3. The van der Waals surface area contributed by atoms with E-state index in [1.165, 1.54) is 0 Å². The molecule has 0 aromatic heterocycles. The van der Waals surface area contributed by atoms with Crippen LogP contribution in [0.2, 0.25) is 0 Å². The first-order chi connectivity index (χ1) is 16.1. The lowest BCUT2D eigenvalue weighted by Gasteiger charge is -2.26. The number of nitrogens with zero attached hydrogens (tertiary/aromatic N) is 1. The average molecular weight is 443 g/mol. The van der Waals surface area contributed by atoms with E-state index in [1.54, 1.807) is 0 Å². The van der Waals surface area contributed by atoms with Crippen LogP contribution in [0.25, 0.3) is 0 Å². The van der Waals surface area contributed by atoms with E-state index in [-0.39, 0.29) is 18.2 Å². The molecule has 3 aromatic carbocycles. The fraction of sp³-hybridized carbons (Fsp3) is 0.286. The minimum absolute atomic E-state index is 0.00744. The van der Waals surface area contributed by atoms with Gasteiger partial charge in [-0.1, -0.05) is 61.4 Å².